The van der Waals surface area contributed by atoms with Gasteiger partial charge in [0.25, 0.3) is 0 Å². The van der Waals surface area contributed by atoms with Crippen molar-refractivity contribution in [3.05, 3.63) is 48.5 Å². The fourth-order valence-corrected chi connectivity index (χ4v) is 1.58. The van der Waals surface area contributed by atoms with Crippen LogP contribution in [0.1, 0.15) is 0 Å². The number of terminal acetylenes is 1. The molecular formula is C16H12O4. The molecule has 0 amide bonds. The first-order valence-electron chi connectivity index (χ1n) is 5.47. The Balaban J connectivity index is 0.00000200. The Hall–Kier alpha value is -3.08. The highest BCUT2D eigenvalue weighted by molar-refractivity contribution is 5.64. The summed E-state index contributed by atoms with van der Waals surface area (Å²) in [6, 6.07) is 14.8. The van der Waals surface area contributed by atoms with Crippen LogP contribution in [0.5, 0.6) is 11.5 Å². The van der Waals surface area contributed by atoms with Gasteiger partial charge in [0.1, 0.15) is 17.6 Å². The maximum absolute atomic E-state index is 8.32. The second kappa shape index (κ2) is 7.38. The van der Waals surface area contributed by atoms with E-state index >= 15 is 0 Å². The summed E-state index contributed by atoms with van der Waals surface area (Å²) in [4.78, 5) is 0. The van der Waals surface area contributed by atoms with Gasteiger partial charge in [-0.05, 0) is 35.4 Å². The molecule has 0 radical (unpaired) electrons. The molecule has 2 rings (SSSR count). The molecule has 0 saturated heterocycles. The number of benzene rings is 2. The van der Waals surface area contributed by atoms with E-state index in [0.717, 1.165) is 11.1 Å². The van der Waals surface area contributed by atoms with Crippen molar-refractivity contribution in [1.82, 2.24) is 0 Å². The molecule has 0 bridgehead atoms. The topological polar surface area (TPSA) is 70.2 Å². The summed E-state index contributed by atoms with van der Waals surface area (Å²) in [5, 5.41) is 8.32. The minimum atomic E-state index is 0. The first-order valence-corrected chi connectivity index (χ1v) is 5.47. The summed E-state index contributed by atoms with van der Waals surface area (Å²) in [5.74, 6) is 1.20. The van der Waals surface area contributed by atoms with Crippen molar-refractivity contribution in [2.24, 2.45) is 0 Å². The van der Waals surface area contributed by atoms with Crippen molar-refractivity contribution >= 4 is 0 Å². The minimum Gasteiger partial charge on any atom is -0.460 e. The molecule has 0 heterocycles. The van der Waals surface area contributed by atoms with E-state index in [0.29, 0.717) is 11.5 Å². The molecule has 0 aliphatic rings. The van der Waals surface area contributed by atoms with Gasteiger partial charge in [0.2, 0.25) is 0 Å². The summed E-state index contributed by atoms with van der Waals surface area (Å²) >= 11 is 0. The largest absolute Gasteiger partial charge is 0.460 e. The van der Waals surface area contributed by atoms with Crippen molar-refractivity contribution in [2.45, 2.75) is 0 Å². The highest BCUT2D eigenvalue weighted by Gasteiger charge is 1.99. The number of aliphatic hydroxyl groups is 1. The molecule has 4 heteroatoms. The van der Waals surface area contributed by atoms with E-state index in [1.165, 1.54) is 0 Å². The number of hydrogen-bond donors (Lipinski definition) is 1. The second-order valence-corrected chi connectivity index (χ2v) is 3.58. The van der Waals surface area contributed by atoms with E-state index in [2.05, 4.69) is 12.2 Å². The van der Waals surface area contributed by atoms with Crippen LogP contribution in [-0.4, -0.2) is 10.6 Å². The third-order valence-corrected chi connectivity index (χ3v) is 2.43. The molecule has 0 atom stereocenters. The van der Waals surface area contributed by atoms with Crippen LogP contribution in [0.2, 0.25) is 0 Å². The van der Waals surface area contributed by atoms with Crippen LogP contribution >= 0.6 is 0 Å². The van der Waals surface area contributed by atoms with Crippen LogP contribution in [0.15, 0.2) is 48.5 Å². The number of rotatable bonds is 3. The van der Waals surface area contributed by atoms with Crippen molar-refractivity contribution in [2.75, 3.05) is 0 Å². The van der Waals surface area contributed by atoms with Crippen molar-refractivity contribution < 1.29 is 20.1 Å². The van der Waals surface area contributed by atoms with Gasteiger partial charge in [0.05, 0.1) is 0 Å². The predicted molar refractivity (Wildman–Crippen MR) is 75.3 cm³/mol. The van der Waals surface area contributed by atoms with Gasteiger partial charge in [-0.1, -0.05) is 30.7 Å². The summed E-state index contributed by atoms with van der Waals surface area (Å²) in [5.41, 5.74) is 2.06. The molecule has 3 N–H and O–H groups in total. The first kappa shape index (κ1) is 15.0. The second-order valence-electron chi connectivity index (χ2n) is 3.58. The van der Waals surface area contributed by atoms with E-state index in [1.807, 2.05) is 24.3 Å². The molecule has 0 aromatic heterocycles. The lowest BCUT2D eigenvalue weighted by Gasteiger charge is -2.04. The van der Waals surface area contributed by atoms with Crippen molar-refractivity contribution in [1.29, 1.82) is 0 Å². The average molecular weight is 268 g/mol. The molecule has 2 aromatic carbocycles. The third-order valence-electron chi connectivity index (χ3n) is 2.43. The lowest BCUT2D eigenvalue weighted by atomic mass is 10.1. The third kappa shape index (κ3) is 3.71. The Bertz CT molecular complexity index is 640. The summed E-state index contributed by atoms with van der Waals surface area (Å²) in [6.07, 6.45) is 11.0. The van der Waals surface area contributed by atoms with Gasteiger partial charge >= 0.3 is 0 Å². The molecule has 20 heavy (non-hydrogen) atoms. The van der Waals surface area contributed by atoms with Gasteiger partial charge in [-0.2, -0.15) is 0 Å². The molecule has 0 saturated carbocycles. The molecule has 100 valence electrons. The van der Waals surface area contributed by atoms with Gasteiger partial charge < -0.3 is 20.1 Å². The molecule has 0 spiro atoms. The number of hydrogen-bond acceptors (Lipinski definition) is 3. The zero-order chi connectivity index (χ0) is 13.5. The smallest absolute Gasteiger partial charge is 0.160 e. The standard InChI is InChI=1S/C16H10O3.H2O/c1-2-18-15-7-3-13(4-8-15)14-5-9-16(10-6-14)19-12-11-17;/h1,3-10,17H;1H2. The van der Waals surface area contributed by atoms with Crippen molar-refractivity contribution in [3.63, 3.8) is 0 Å². The monoisotopic (exact) mass is 268 g/mol. The Morgan fingerprint density at radius 3 is 1.65 bits per heavy atom. The zero-order valence-electron chi connectivity index (χ0n) is 10.5. The van der Waals surface area contributed by atoms with Crippen LogP contribution in [0.4, 0.5) is 0 Å². The van der Waals surface area contributed by atoms with Crippen LogP contribution in [0, 0.1) is 24.7 Å². The SMILES string of the molecule is C#COc1ccc(-c2ccc(OC#CO)cc2)cc1.O. The Morgan fingerprint density at radius 2 is 1.25 bits per heavy atom. The first-order chi connectivity index (χ1) is 9.33. The van der Waals surface area contributed by atoms with Gasteiger partial charge in [-0.25, -0.2) is 0 Å². The minimum absolute atomic E-state index is 0. The van der Waals surface area contributed by atoms with E-state index in [9.17, 15) is 0 Å². The highest BCUT2D eigenvalue weighted by atomic mass is 16.5. The molecule has 0 aliphatic carbocycles. The fourth-order valence-electron chi connectivity index (χ4n) is 1.58. The van der Waals surface area contributed by atoms with Gasteiger partial charge in [0.15, 0.2) is 12.2 Å². The quantitative estimate of drug-likeness (QED) is 0.867. The molecule has 4 nitrogen and oxygen atoms in total. The number of aliphatic hydroxyl groups excluding tert-OH is 1. The van der Waals surface area contributed by atoms with Gasteiger partial charge in [0, 0.05) is 0 Å². The number of ether oxygens (including phenoxy) is 2. The van der Waals surface area contributed by atoms with Gasteiger partial charge in [-0.3, -0.25) is 0 Å². The Morgan fingerprint density at radius 1 is 0.800 bits per heavy atom. The molecular weight excluding hydrogens is 256 g/mol. The molecule has 0 aliphatic heterocycles. The molecule has 0 unspecified atom stereocenters. The predicted octanol–water partition coefficient (Wildman–Crippen LogP) is 2.17. The summed E-state index contributed by atoms with van der Waals surface area (Å²) in [7, 11) is 0. The van der Waals surface area contributed by atoms with E-state index in [-0.39, 0.29) is 5.48 Å². The molecule has 2 aromatic rings. The van der Waals surface area contributed by atoms with Crippen LogP contribution < -0.4 is 9.47 Å². The molecule has 0 fully saturated rings. The lowest BCUT2D eigenvalue weighted by Crippen LogP contribution is -1.84. The van der Waals surface area contributed by atoms with E-state index in [1.54, 1.807) is 30.4 Å². The average Bonchev–Trinajstić information content (AvgIpc) is 2.47. The zero-order valence-corrected chi connectivity index (χ0v) is 10.5. The summed E-state index contributed by atoms with van der Waals surface area (Å²) < 4.78 is 9.87. The van der Waals surface area contributed by atoms with Gasteiger partial charge in [-0.15, -0.1) is 0 Å². The van der Waals surface area contributed by atoms with Crippen molar-refractivity contribution in [3.8, 4) is 47.4 Å². The highest BCUT2D eigenvalue weighted by Crippen LogP contribution is 2.24. The normalized spacial score (nSPS) is 8.35. The summed E-state index contributed by atoms with van der Waals surface area (Å²) in [6.45, 7) is 0. The van der Waals surface area contributed by atoms with Crippen LogP contribution in [-0.2, 0) is 0 Å². The van der Waals surface area contributed by atoms with E-state index < -0.39 is 0 Å². The van der Waals surface area contributed by atoms with Crippen LogP contribution in [0.25, 0.3) is 11.1 Å². The van der Waals surface area contributed by atoms with E-state index in [4.69, 9.17) is 21.0 Å². The Labute approximate surface area is 116 Å². The lowest BCUT2D eigenvalue weighted by molar-refractivity contribution is 0.476. The fraction of sp³-hybridized carbons (Fsp3) is 0. The maximum atomic E-state index is 8.32. The van der Waals surface area contributed by atoms with Crippen LogP contribution in [0.3, 0.4) is 0 Å². The maximum Gasteiger partial charge on any atom is 0.160 e. The Kier molecular flexibility index (Phi) is 5.52.